The number of benzene rings is 1. The highest BCUT2D eigenvalue weighted by molar-refractivity contribution is 5.30. The Morgan fingerprint density at radius 1 is 1.09 bits per heavy atom. The summed E-state index contributed by atoms with van der Waals surface area (Å²) >= 11 is 0. The molecule has 3 nitrogen and oxygen atoms in total. The van der Waals surface area contributed by atoms with Crippen LogP contribution in [0, 0.1) is 5.92 Å². The van der Waals surface area contributed by atoms with Crippen molar-refractivity contribution in [1.82, 2.24) is 10.2 Å². The van der Waals surface area contributed by atoms with Gasteiger partial charge in [0.1, 0.15) is 11.4 Å². The van der Waals surface area contributed by atoms with E-state index in [1.807, 2.05) is 0 Å². The van der Waals surface area contributed by atoms with Gasteiger partial charge in [-0.05, 0) is 50.8 Å². The van der Waals surface area contributed by atoms with Crippen molar-refractivity contribution in [1.29, 1.82) is 0 Å². The first kappa shape index (κ1) is 17.3. The molecule has 0 unspecified atom stereocenters. The van der Waals surface area contributed by atoms with Crippen molar-refractivity contribution in [3.8, 4) is 5.75 Å². The van der Waals surface area contributed by atoms with Crippen LogP contribution in [0.15, 0.2) is 24.3 Å². The van der Waals surface area contributed by atoms with E-state index in [9.17, 15) is 0 Å². The number of piperazine rings is 1. The van der Waals surface area contributed by atoms with Crippen molar-refractivity contribution in [3.63, 3.8) is 0 Å². The Bertz CT molecular complexity index is 441. The Morgan fingerprint density at radius 3 is 2.18 bits per heavy atom. The second kappa shape index (κ2) is 7.47. The second-order valence-electron chi connectivity index (χ2n) is 7.71. The molecule has 1 aromatic carbocycles. The van der Waals surface area contributed by atoms with Gasteiger partial charge in [0.25, 0.3) is 0 Å². The number of nitrogens with one attached hydrogen (secondary N) is 1. The maximum atomic E-state index is 5.94. The Balaban J connectivity index is 2.12. The van der Waals surface area contributed by atoms with Crippen molar-refractivity contribution in [2.45, 2.75) is 52.7 Å². The molecule has 1 heterocycles. The third-order valence-corrected chi connectivity index (χ3v) is 3.98. The highest BCUT2D eigenvalue weighted by Gasteiger charge is 2.23. The van der Waals surface area contributed by atoms with Crippen LogP contribution >= 0.6 is 0 Å². The molecular formula is C19H32N2O. The average Bonchev–Trinajstić information content (AvgIpc) is 2.45. The standard InChI is InChI=1S/C19H32N2O/c1-15(2)14-18(21-12-10-20-11-13-21)16-6-8-17(9-7-16)22-19(3,4)5/h6-9,15,18,20H,10-14H2,1-5H3/t18-/m0/s1. The van der Waals surface area contributed by atoms with Gasteiger partial charge < -0.3 is 10.1 Å². The molecule has 0 bridgehead atoms. The highest BCUT2D eigenvalue weighted by atomic mass is 16.5. The van der Waals surface area contributed by atoms with E-state index in [1.54, 1.807) is 0 Å². The Morgan fingerprint density at radius 2 is 1.68 bits per heavy atom. The van der Waals surface area contributed by atoms with Crippen molar-refractivity contribution in [2.24, 2.45) is 5.92 Å². The maximum Gasteiger partial charge on any atom is 0.120 e. The Hall–Kier alpha value is -1.06. The largest absolute Gasteiger partial charge is 0.488 e. The number of nitrogens with zero attached hydrogens (tertiary/aromatic N) is 1. The molecule has 2 rings (SSSR count). The SMILES string of the molecule is CC(C)C[C@@H](c1ccc(OC(C)(C)C)cc1)N1CCNCC1. The van der Waals surface area contributed by atoms with Crippen LogP contribution in [0.3, 0.4) is 0 Å². The summed E-state index contributed by atoms with van der Waals surface area (Å²) in [7, 11) is 0. The molecule has 3 heteroatoms. The van der Waals surface area contributed by atoms with Crippen LogP contribution < -0.4 is 10.1 Å². The van der Waals surface area contributed by atoms with Gasteiger partial charge >= 0.3 is 0 Å². The van der Waals surface area contributed by atoms with Crippen LogP contribution in [-0.2, 0) is 0 Å². The number of hydrogen-bond donors (Lipinski definition) is 1. The fourth-order valence-electron chi connectivity index (χ4n) is 3.05. The van der Waals surface area contributed by atoms with Gasteiger partial charge in [0, 0.05) is 32.2 Å². The summed E-state index contributed by atoms with van der Waals surface area (Å²) in [6.45, 7) is 15.4. The van der Waals surface area contributed by atoms with Crippen molar-refractivity contribution in [3.05, 3.63) is 29.8 Å². The molecule has 1 aliphatic rings. The van der Waals surface area contributed by atoms with Crippen molar-refractivity contribution >= 4 is 0 Å². The minimum Gasteiger partial charge on any atom is -0.488 e. The quantitative estimate of drug-likeness (QED) is 0.894. The summed E-state index contributed by atoms with van der Waals surface area (Å²) in [4.78, 5) is 2.62. The molecule has 0 radical (unpaired) electrons. The smallest absolute Gasteiger partial charge is 0.120 e. The molecule has 0 amide bonds. The van der Waals surface area contributed by atoms with Crippen LogP contribution in [-0.4, -0.2) is 36.7 Å². The predicted molar refractivity (Wildman–Crippen MR) is 93.5 cm³/mol. The second-order valence-corrected chi connectivity index (χ2v) is 7.71. The molecule has 1 N–H and O–H groups in total. The summed E-state index contributed by atoms with van der Waals surface area (Å²) in [5, 5.41) is 3.45. The van der Waals surface area contributed by atoms with Gasteiger partial charge in [-0.1, -0.05) is 26.0 Å². The number of hydrogen-bond acceptors (Lipinski definition) is 3. The van der Waals surface area contributed by atoms with Crippen LogP contribution in [0.2, 0.25) is 0 Å². The lowest BCUT2D eigenvalue weighted by molar-refractivity contribution is 0.130. The van der Waals surface area contributed by atoms with Gasteiger partial charge in [0.15, 0.2) is 0 Å². The lowest BCUT2D eigenvalue weighted by atomic mass is 9.95. The van der Waals surface area contributed by atoms with Gasteiger partial charge in [0.2, 0.25) is 0 Å². The van der Waals surface area contributed by atoms with Gasteiger partial charge in [-0.2, -0.15) is 0 Å². The zero-order valence-electron chi connectivity index (χ0n) is 14.9. The van der Waals surface area contributed by atoms with Gasteiger partial charge in [-0.15, -0.1) is 0 Å². The molecule has 0 aromatic heterocycles. The molecule has 0 spiro atoms. The van der Waals surface area contributed by atoms with Gasteiger partial charge in [-0.25, -0.2) is 0 Å². The first-order valence-corrected chi connectivity index (χ1v) is 8.59. The molecule has 0 aliphatic carbocycles. The minimum absolute atomic E-state index is 0.141. The summed E-state index contributed by atoms with van der Waals surface area (Å²) in [5.41, 5.74) is 1.27. The average molecular weight is 304 g/mol. The molecule has 124 valence electrons. The molecule has 0 saturated carbocycles. The molecule has 1 aliphatic heterocycles. The topological polar surface area (TPSA) is 24.5 Å². The Kier molecular flexibility index (Phi) is 5.87. The van der Waals surface area contributed by atoms with E-state index in [2.05, 4.69) is 69.1 Å². The van der Waals surface area contributed by atoms with E-state index in [0.29, 0.717) is 12.0 Å². The highest BCUT2D eigenvalue weighted by Crippen LogP contribution is 2.30. The third kappa shape index (κ3) is 5.29. The molecule has 22 heavy (non-hydrogen) atoms. The van der Waals surface area contributed by atoms with Crippen LogP contribution in [0.5, 0.6) is 5.75 Å². The normalized spacial score (nSPS) is 18.5. The summed E-state index contributed by atoms with van der Waals surface area (Å²) in [6, 6.07) is 9.25. The van der Waals surface area contributed by atoms with E-state index in [1.165, 1.54) is 12.0 Å². The lowest BCUT2D eigenvalue weighted by Crippen LogP contribution is -2.45. The van der Waals surface area contributed by atoms with E-state index in [-0.39, 0.29) is 5.60 Å². The fourth-order valence-corrected chi connectivity index (χ4v) is 3.05. The number of rotatable bonds is 5. The van der Waals surface area contributed by atoms with Crippen molar-refractivity contribution < 1.29 is 4.74 Å². The fraction of sp³-hybridized carbons (Fsp3) is 0.684. The monoisotopic (exact) mass is 304 g/mol. The Labute approximate surface area is 136 Å². The van der Waals surface area contributed by atoms with Crippen LogP contribution in [0.4, 0.5) is 0 Å². The first-order valence-electron chi connectivity index (χ1n) is 8.59. The summed E-state index contributed by atoms with van der Waals surface area (Å²) in [6.07, 6.45) is 1.21. The maximum absolute atomic E-state index is 5.94. The molecule has 1 saturated heterocycles. The van der Waals surface area contributed by atoms with Gasteiger partial charge in [0.05, 0.1) is 0 Å². The zero-order chi connectivity index (χ0) is 16.2. The molecular weight excluding hydrogens is 272 g/mol. The summed E-state index contributed by atoms with van der Waals surface area (Å²) in [5.74, 6) is 1.66. The van der Waals surface area contributed by atoms with E-state index >= 15 is 0 Å². The van der Waals surface area contributed by atoms with E-state index < -0.39 is 0 Å². The van der Waals surface area contributed by atoms with E-state index in [0.717, 1.165) is 31.9 Å². The zero-order valence-corrected chi connectivity index (χ0v) is 14.9. The molecule has 1 fully saturated rings. The van der Waals surface area contributed by atoms with Crippen LogP contribution in [0.1, 0.15) is 52.6 Å². The first-order chi connectivity index (χ1) is 10.3. The lowest BCUT2D eigenvalue weighted by Gasteiger charge is -2.36. The molecule has 1 aromatic rings. The number of ether oxygens (including phenoxy) is 1. The van der Waals surface area contributed by atoms with Crippen molar-refractivity contribution in [2.75, 3.05) is 26.2 Å². The minimum atomic E-state index is -0.141. The third-order valence-electron chi connectivity index (χ3n) is 3.98. The molecule has 1 atom stereocenters. The van der Waals surface area contributed by atoms with Crippen LogP contribution in [0.25, 0.3) is 0 Å². The van der Waals surface area contributed by atoms with E-state index in [4.69, 9.17) is 4.74 Å². The van der Waals surface area contributed by atoms with Gasteiger partial charge in [-0.3, -0.25) is 4.90 Å². The summed E-state index contributed by atoms with van der Waals surface area (Å²) < 4.78 is 5.94. The predicted octanol–water partition coefficient (Wildman–Crippen LogP) is 3.86.